The smallest absolute Gasteiger partial charge is 0.213 e. The van der Waals surface area contributed by atoms with Gasteiger partial charge in [-0.15, -0.1) is 0 Å². The van der Waals surface area contributed by atoms with Gasteiger partial charge >= 0.3 is 0 Å². The minimum Gasteiger partial charge on any atom is -0.305 e. The van der Waals surface area contributed by atoms with Crippen molar-refractivity contribution in [3.05, 3.63) is 71.0 Å². The summed E-state index contributed by atoms with van der Waals surface area (Å²) in [4.78, 5) is 0. The van der Waals surface area contributed by atoms with Gasteiger partial charge in [0.1, 0.15) is 5.82 Å². The molecule has 0 fully saturated rings. The summed E-state index contributed by atoms with van der Waals surface area (Å²) in [5.74, 6) is -0.344. The first-order valence-electron chi connectivity index (χ1n) is 7.06. The zero-order chi connectivity index (χ0) is 15.6. The molecule has 0 saturated heterocycles. The fourth-order valence-corrected chi connectivity index (χ4v) is 3.84. The molecule has 0 aromatic heterocycles. The molecule has 1 aliphatic heterocycles. The highest BCUT2D eigenvalue weighted by Gasteiger charge is 2.26. The Morgan fingerprint density at radius 3 is 2.64 bits per heavy atom. The van der Waals surface area contributed by atoms with Gasteiger partial charge in [-0.1, -0.05) is 36.4 Å². The third-order valence-electron chi connectivity index (χ3n) is 3.76. The third-order valence-corrected chi connectivity index (χ3v) is 5.12. The average molecular weight is 320 g/mol. The molecule has 1 heterocycles. The quantitative estimate of drug-likeness (QED) is 0.887. The van der Waals surface area contributed by atoms with Crippen molar-refractivity contribution in [2.24, 2.45) is 0 Å². The molecule has 0 spiro atoms. The van der Waals surface area contributed by atoms with Crippen LogP contribution in [0.25, 0.3) is 0 Å². The largest absolute Gasteiger partial charge is 0.305 e. The van der Waals surface area contributed by atoms with Crippen LogP contribution in [-0.2, 0) is 23.1 Å². The Bertz CT molecular complexity index is 760. The fraction of sp³-hybridized carbons (Fsp3) is 0.250. The van der Waals surface area contributed by atoms with Crippen LogP contribution in [0.15, 0.2) is 48.5 Å². The third kappa shape index (κ3) is 3.52. The maximum Gasteiger partial charge on any atom is 0.213 e. The number of sulfonamides is 1. The van der Waals surface area contributed by atoms with Crippen molar-refractivity contribution >= 4 is 10.0 Å². The lowest BCUT2D eigenvalue weighted by Crippen LogP contribution is -2.31. The van der Waals surface area contributed by atoms with Gasteiger partial charge in [-0.25, -0.2) is 17.5 Å². The average Bonchev–Trinajstić information content (AvgIpc) is 2.90. The minimum absolute atomic E-state index is 0.00872. The molecule has 116 valence electrons. The Morgan fingerprint density at radius 2 is 1.86 bits per heavy atom. The summed E-state index contributed by atoms with van der Waals surface area (Å²) in [6.45, 7) is 0.852. The van der Waals surface area contributed by atoms with Crippen LogP contribution in [0.2, 0.25) is 0 Å². The molecule has 3 rings (SSSR count). The van der Waals surface area contributed by atoms with Gasteiger partial charge in [0, 0.05) is 19.1 Å². The van der Waals surface area contributed by atoms with Crippen molar-refractivity contribution in [1.29, 1.82) is 0 Å². The van der Waals surface area contributed by atoms with E-state index in [0.29, 0.717) is 6.54 Å². The van der Waals surface area contributed by atoms with Crippen LogP contribution in [0.5, 0.6) is 0 Å². The first kappa shape index (κ1) is 15.1. The molecular weight excluding hydrogens is 303 g/mol. The second-order valence-electron chi connectivity index (χ2n) is 5.36. The van der Waals surface area contributed by atoms with E-state index in [9.17, 15) is 12.8 Å². The standard InChI is InChI=1S/C16H17FN2O2S/c17-14-7-5-12(6-8-14)9-19-22(20,21)11-16-15-4-2-1-3-13(15)10-18-16/h1-8,16,18-19H,9-11H2. The number of rotatable bonds is 5. The molecule has 0 amide bonds. The van der Waals surface area contributed by atoms with Crippen LogP contribution in [0.1, 0.15) is 22.7 Å². The predicted octanol–water partition coefficient (Wildman–Crippen LogP) is 2.09. The van der Waals surface area contributed by atoms with Crippen LogP contribution in [0, 0.1) is 5.82 Å². The predicted molar refractivity (Wildman–Crippen MR) is 83.0 cm³/mol. The van der Waals surface area contributed by atoms with Gasteiger partial charge in [-0.3, -0.25) is 0 Å². The maximum absolute atomic E-state index is 12.8. The number of halogens is 1. The molecule has 1 aliphatic rings. The van der Waals surface area contributed by atoms with E-state index in [1.807, 2.05) is 24.3 Å². The minimum atomic E-state index is -3.42. The Balaban J connectivity index is 1.63. The van der Waals surface area contributed by atoms with E-state index in [2.05, 4.69) is 10.0 Å². The lowest BCUT2D eigenvalue weighted by atomic mass is 10.1. The highest BCUT2D eigenvalue weighted by atomic mass is 32.2. The van der Waals surface area contributed by atoms with Crippen LogP contribution in [0.4, 0.5) is 4.39 Å². The molecule has 4 nitrogen and oxygen atoms in total. The summed E-state index contributed by atoms with van der Waals surface area (Å²) in [7, 11) is -3.42. The Morgan fingerprint density at radius 1 is 1.14 bits per heavy atom. The van der Waals surface area contributed by atoms with Crippen LogP contribution < -0.4 is 10.0 Å². The first-order chi connectivity index (χ1) is 10.5. The van der Waals surface area contributed by atoms with Crippen molar-refractivity contribution in [3.8, 4) is 0 Å². The summed E-state index contributed by atoms with van der Waals surface area (Å²) in [5.41, 5.74) is 2.90. The van der Waals surface area contributed by atoms with Crippen molar-refractivity contribution in [3.63, 3.8) is 0 Å². The highest BCUT2D eigenvalue weighted by molar-refractivity contribution is 7.89. The number of benzene rings is 2. The van der Waals surface area contributed by atoms with E-state index in [1.165, 1.54) is 12.1 Å². The Hall–Kier alpha value is -1.76. The van der Waals surface area contributed by atoms with Crippen molar-refractivity contribution in [1.82, 2.24) is 10.0 Å². The molecular formula is C16H17FN2O2S. The lowest BCUT2D eigenvalue weighted by Gasteiger charge is -2.13. The van der Waals surface area contributed by atoms with Crippen LogP contribution in [0.3, 0.4) is 0 Å². The summed E-state index contributed by atoms with van der Waals surface area (Å²) >= 11 is 0. The van der Waals surface area contributed by atoms with E-state index in [-0.39, 0.29) is 24.2 Å². The van der Waals surface area contributed by atoms with E-state index in [4.69, 9.17) is 0 Å². The topological polar surface area (TPSA) is 58.2 Å². The van der Waals surface area contributed by atoms with Crippen molar-refractivity contribution in [2.45, 2.75) is 19.1 Å². The van der Waals surface area contributed by atoms with E-state index >= 15 is 0 Å². The molecule has 2 N–H and O–H groups in total. The maximum atomic E-state index is 12.8. The number of nitrogens with one attached hydrogen (secondary N) is 2. The second kappa shape index (κ2) is 6.16. The molecule has 2 aromatic rings. The fourth-order valence-electron chi connectivity index (χ4n) is 2.60. The van der Waals surface area contributed by atoms with Gasteiger partial charge < -0.3 is 5.32 Å². The van der Waals surface area contributed by atoms with E-state index in [0.717, 1.165) is 16.7 Å². The summed E-state index contributed by atoms with van der Waals surface area (Å²) in [5, 5.41) is 3.22. The van der Waals surface area contributed by atoms with Crippen LogP contribution in [-0.4, -0.2) is 14.2 Å². The normalized spacial score (nSPS) is 17.4. The SMILES string of the molecule is O=S(=O)(CC1NCc2ccccc21)NCc1ccc(F)cc1. The monoisotopic (exact) mass is 320 g/mol. The Labute approximate surface area is 129 Å². The molecule has 0 saturated carbocycles. The zero-order valence-electron chi connectivity index (χ0n) is 11.9. The van der Waals surface area contributed by atoms with Gasteiger partial charge in [0.2, 0.25) is 10.0 Å². The molecule has 0 bridgehead atoms. The molecule has 0 aliphatic carbocycles. The van der Waals surface area contributed by atoms with Gasteiger partial charge in [0.05, 0.1) is 5.75 Å². The molecule has 6 heteroatoms. The van der Waals surface area contributed by atoms with Gasteiger partial charge in [-0.2, -0.15) is 0 Å². The molecule has 0 radical (unpaired) electrons. The summed E-state index contributed by atoms with van der Waals surface area (Å²) in [6.07, 6.45) is 0. The van der Waals surface area contributed by atoms with Crippen molar-refractivity contribution < 1.29 is 12.8 Å². The summed E-state index contributed by atoms with van der Waals surface area (Å²) in [6, 6.07) is 13.4. The Kier molecular flexibility index (Phi) is 4.24. The van der Waals surface area contributed by atoms with Crippen LogP contribution >= 0.6 is 0 Å². The summed E-state index contributed by atoms with van der Waals surface area (Å²) < 4.78 is 39.8. The van der Waals surface area contributed by atoms with Crippen molar-refractivity contribution in [2.75, 3.05) is 5.75 Å². The molecule has 22 heavy (non-hydrogen) atoms. The molecule has 2 aromatic carbocycles. The van der Waals surface area contributed by atoms with Gasteiger partial charge in [0.15, 0.2) is 0 Å². The second-order valence-corrected chi connectivity index (χ2v) is 7.21. The number of fused-ring (bicyclic) bond motifs is 1. The molecule has 1 unspecified atom stereocenters. The van der Waals surface area contributed by atoms with E-state index < -0.39 is 10.0 Å². The van der Waals surface area contributed by atoms with Gasteiger partial charge in [-0.05, 0) is 28.8 Å². The number of hydrogen-bond donors (Lipinski definition) is 2. The number of hydrogen-bond acceptors (Lipinski definition) is 3. The van der Waals surface area contributed by atoms with E-state index in [1.54, 1.807) is 12.1 Å². The zero-order valence-corrected chi connectivity index (χ0v) is 12.7. The first-order valence-corrected chi connectivity index (χ1v) is 8.72. The van der Waals surface area contributed by atoms with Gasteiger partial charge in [0.25, 0.3) is 0 Å². The highest BCUT2D eigenvalue weighted by Crippen LogP contribution is 2.25. The molecule has 1 atom stereocenters. The lowest BCUT2D eigenvalue weighted by molar-refractivity contribution is 0.559.